The SMILES string of the molecule is COc1ccc(CN(C(=O)NC2CCCCC2)C(C)C)cc1OS(=O)(=O)c1ccc(F)cc1. The molecule has 0 aliphatic heterocycles. The van der Waals surface area contributed by atoms with Crippen LogP contribution in [0.5, 0.6) is 11.5 Å². The minimum atomic E-state index is -4.20. The lowest BCUT2D eigenvalue weighted by Gasteiger charge is -2.31. The van der Waals surface area contributed by atoms with E-state index in [1.54, 1.807) is 23.1 Å². The molecule has 0 bridgehead atoms. The Morgan fingerprint density at radius 3 is 2.36 bits per heavy atom. The third-order valence-electron chi connectivity index (χ3n) is 5.70. The first-order chi connectivity index (χ1) is 15.7. The Bertz CT molecular complexity index is 1050. The number of methoxy groups -OCH3 is 1. The fourth-order valence-electron chi connectivity index (χ4n) is 3.84. The van der Waals surface area contributed by atoms with Crippen molar-refractivity contribution >= 4 is 16.1 Å². The molecule has 2 aromatic rings. The highest BCUT2D eigenvalue weighted by Gasteiger charge is 2.24. The van der Waals surface area contributed by atoms with Crippen molar-refractivity contribution in [1.82, 2.24) is 10.2 Å². The minimum Gasteiger partial charge on any atom is -0.493 e. The largest absolute Gasteiger partial charge is 0.493 e. The first-order valence-corrected chi connectivity index (χ1v) is 12.5. The van der Waals surface area contributed by atoms with E-state index in [-0.39, 0.29) is 41.1 Å². The van der Waals surface area contributed by atoms with Crippen LogP contribution in [0.3, 0.4) is 0 Å². The van der Waals surface area contributed by atoms with E-state index in [1.165, 1.54) is 13.5 Å². The fraction of sp³-hybridized carbons (Fsp3) is 0.458. The summed E-state index contributed by atoms with van der Waals surface area (Å²) < 4.78 is 49.1. The molecule has 1 fully saturated rings. The Kier molecular flexibility index (Phi) is 8.18. The maximum absolute atomic E-state index is 13.2. The molecule has 0 aromatic heterocycles. The van der Waals surface area contributed by atoms with Crippen molar-refractivity contribution in [2.45, 2.75) is 69.5 Å². The van der Waals surface area contributed by atoms with Crippen LogP contribution in [0.1, 0.15) is 51.5 Å². The molecule has 180 valence electrons. The third-order valence-corrected chi connectivity index (χ3v) is 6.95. The van der Waals surface area contributed by atoms with Crippen molar-refractivity contribution in [3.63, 3.8) is 0 Å². The zero-order valence-corrected chi connectivity index (χ0v) is 20.0. The molecule has 0 spiro atoms. The molecule has 1 saturated carbocycles. The van der Waals surface area contributed by atoms with Crippen LogP contribution in [0.25, 0.3) is 0 Å². The second-order valence-electron chi connectivity index (χ2n) is 8.48. The summed E-state index contributed by atoms with van der Waals surface area (Å²) in [5.74, 6) is -0.322. The number of hydrogen-bond acceptors (Lipinski definition) is 5. The summed E-state index contributed by atoms with van der Waals surface area (Å²) in [5.41, 5.74) is 0.688. The van der Waals surface area contributed by atoms with Crippen molar-refractivity contribution in [3.05, 3.63) is 53.8 Å². The van der Waals surface area contributed by atoms with E-state index in [0.717, 1.165) is 49.9 Å². The van der Waals surface area contributed by atoms with Crippen molar-refractivity contribution < 1.29 is 26.5 Å². The number of nitrogens with zero attached hydrogens (tertiary/aromatic N) is 1. The second-order valence-corrected chi connectivity index (χ2v) is 10.0. The van der Waals surface area contributed by atoms with E-state index in [1.807, 2.05) is 13.8 Å². The number of amides is 2. The monoisotopic (exact) mass is 478 g/mol. The van der Waals surface area contributed by atoms with E-state index in [4.69, 9.17) is 8.92 Å². The number of carbonyl (C=O) groups excluding carboxylic acids is 1. The Hall–Kier alpha value is -2.81. The van der Waals surface area contributed by atoms with Gasteiger partial charge in [-0.25, -0.2) is 9.18 Å². The number of benzene rings is 2. The van der Waals surface area contributed by atoms with Gasteiger partial charge in [0.1, 0.15) is 10.7 Å². The summed E-state index contributed by atoms with van der Waals surface area (Å²) in [7, 11) is -2.79. The first-order valence-electron chi connectivity index (χ1n) is 11.1. The molecule has 0 heterocycles. The van der Waals surface area contributed by atoms with Gasteiger partial charge in [-0.3, -0.25) is 0 Å². The number of urea groups is 1. The van der Waals surface area contributed by atoms with Gasteiger partial charge in [0.2, 0.25) is 0 Å². The summed E-state index contributed by atoms with van der Waals surface area (Å²) in [5, 5.41) is 3.13. The van der Waals surface area contributed by atoms with Crippen LogP contribution in [0, 0.1) is 5.82 Å². The minimum absolute atomic E-state index is 0.00396. The van der Waals surface area contributed by atoms with Crippen LogP contribution in [-0.4, -0.2) is 38.5 Å². The van der Waals surface area contributed by atoms with E-state index in [0.29, 0.717) is 5.56 Å². The second kappa shape index (κ2) is 10.9. The van der Waals surface area contributed by atoms with E-state index >= 15 is 0 Å². The van der Waals surface area contributed by atoms with Gasteiger partial charge in [-0.1, -0.05) is 25.3 Å². The zero-order chi connectivity index (χ0) is 24.0. The van der Waals surface area contributed by atoms with E-state index < -0.39 is 15.9 Å². The standard InChI is InChI=1S/C24H31FN2O5S/c1-17(2)27(24(28)26-20-7-5-4-6-8-20)16-18-9-14-22(31-3)23(15-18)32-33(29,30)21-12-10-19(25)11-13-21/h9-15,17,20H,4-8,16H2,1-3H3,(H,26,28). The summed E-state index contributed by atoms with van der Waals surface area (Å²) in [6.07, 6.45) is 5.41. The predicted molar refractivity (Wildman–Crippen MR) is 123 cm³/mol. The number of carbonyl (C=O) groups is 1. The summed E-state index contributed by atoms with van der Waals surface area (Å²) in [6, 6.07) is 9.25. The average Bonchev–Trinajstić information content (AvgIpc) is 2.78. The van der Waals surface area contributed by atoms with Gasteiger partial charge in [-0.2, -0.15) is 8.42 Å². The molecule has 3 rings (SSSR count). The van der Waals surface area contributed by atoms with Crippen LogP contribution in [0.4, 0.5) is 9.18 Å². The Morgan fingerprint density at radius 2 is 1.76 bits per heavy atom. The highest BCUT2D eigenvalue weighted by atomic mass is 32.2. The first kappa shape index (κ1) is 24.8. The van der Waals surface area contributed by atoms with Gasteiger partial charge in [-0.05, 0) is 68.7 Å². The van der Waals surface area contributed by atoms with Gasteiger partial charge in [0.25, 0.3) is 0 Å². The van der Waals surface area contributed by atoms with Gasteiger partial charge in [-0.15, -0.1) is 0 Å². The van der Waals surface area contributed by atoms with Crippen molar-refractivity contribution in [3.8, 4) is 11.5 Å². The molecule has 2 amide bonds. The van der Waals surface area contributed by atoms with Crippen molar-refractivity contribution in [2.24, 2.45) is 0 Å². The molecule has 0 unspecified atom stereocenters. The lowest BCUT2D eigenvalue weighted by Crippen LogP contribution is -2.47. The van der Waals surface area contributed by atoms with E-state index in [9.17, 15) is 17.6 Å². The number of nitrogens with one attached hydrogen (secondary N) is 1. The molecular formula is C24H31FN2O5S. The number of rotatable bonds is 8. The topological polar surface area (TPSA) is 84.9 Å². The highest BCUT2D eigenvalue weighted by Crippen LogP contribution is 2.31. The highest BCUT2D eigenvalue weighted by molar-refractivity contribution is 7.87. The summed E-state index contributed by atoms with van der Waals surface area (Å²) in [4.78, 5) is 14.5. The van der Waals surface area contributed by atoms with Gasteiger partial charge in [0, 0.05) is 18.6 Å². The average molecular weight is 479 g/mol. The summed E-state index contributed by atoms with van der Waals surface area (Å²) >= 11 is 0. The van der Waals surface area contributed by atoms with Crippen molar-refractivity contribution in [1.29, 1.82) is 0 Å². The molecule has 1 N–H and O–H groups in total. The number of hydrogen-bond donors (Lipinski definition) is 1. The van der Waals surface area contributed by atoms with Crippen LogP contribution in [-0.2, 0) is 16.7 Å². The molecule has 0 atom stereocenters. The fourth-order valence-corrected chi connectivity index (χ4v) is 4.77. The Labute approximate surface area is 195 Å². The van der Waals surface area contributed by atoms with Gasteiger partial charge in [0.15, 0.2) is 11.5 Å². The maximum Gasteiger partial charge on any atom is 0.339 e. The molecule has 1 aliphatic carbocycles. The molecular weight excluding hydrogens is 447 g/mol. The molecule has 7 nitrogen and oxygen atoms in total. The maximum atomic E-state index is 13.2. The van der Waals surface area contributed by atoms with E-state index in [2.05, 4.69) is 5.32 Å². The molecule has 1 aliphatic rings. The zero-order valence-electron chi connectivity index (χ0n) is 19.2. The van der Waals surface area contributed by atoms with Crippen LogP contribution in [0.15, 0.2) is 47.4 Å². The van der Waals surface area contributed by atoms with Crippen LogP contribution in [0.2, 0.25) is 0 Å². The third kappa shape index (κ3) is 6.60. The molecule has 0 radical (unpaired) electrons. The van der Waals surface area contributed by atoms with Gasteiger partial charge < -0.3 is 19.1 Å². The van der Waals surface area contributed by atoms with Gasteiger partial charge >= 0.3 is 16.1 Å². The quantitative estimate of drug-likeness (QED) is 0.548. The lowest BCUT2D eigenvalue weighted by molar-refractivity contribution is 0.172. The lowest BCUT2D eigenvalue weighted by atomic mass is 9.96. The molecule has 33 heavy (non-hydrogen) atoms. The molecule has 9 heteroatoms. The van der Waals surface area contributed by atoms with Crippen molar-refractivity contribution in [2.75, 3.05) is 7.11 Å². The number of halogens is 1. The Balaban J connectivity index is 1.79. The predicted octanol–water partition coefficient (Wildman–Crippen LogP) is 4.85. The number of ether oxygens (including phenoxy) is 1. The van der Waals surface area contributed by atoms with Gasteiger partial charge in [0.05, 0.1) is 7.11 Å². The smallest absolute Gasteiger partial charge is 0.339 e. The molecule has 2 aromatic carbocycles. The van der Waals surface area contributed by atoms with Crippen LogP contribution < -0.4 is 14.2 Å². The normalized spacial score (nSPS) is 14.7. The Morgan fingerprint density at radius 1 is 1.09 bits per heavy atom. The molecule has 0 saturated heterocycles. The summed E-state index contributed by atoms with van der Waals surface area (Å²) in [6.45, 7) is 4.13. The van der Waals surface area contributed by atoms with Crippen LogP contribution >= 0.6 is 0 Å².